The van der Waals surface area contributed by atoms with Crippen LogP contribution in [0, 0.1) is 16.7 Å². The van der Waals surface area contributed by atoms with Crippen LogP contribution in [0.15, 0.2) is 0 Å². The number of ether oxygens (including phenoxy) is 1. The summed E-state index contributed by atoms with van der Waals surface area (Å²) in [6, 6.07) is 2.43. The van der Waals surface area contributed by atoms with E-state index in [1.807, 2.05) is 34.6 Å². The molecule has 5 heteroatoms. The van der Waals surface area contributed by atoms with E-state index in [1.54, 1.807) is 4.90 Å². The Morgan fingerprint density at radius 2 is 2.05 bits per heavy atom. The fourth-order valence-corrected chi connectivity index (χ4v) is 2.20. The maximum Gasteiger partial charge on any atom is 0.410 e. The van der Waals surface area contributed by atoms with Crippen LogP contribution in [0.1, 0.15) is 47.5 Å². The maximum atomic E-state index is 12.1. The Balaban J connectivity index is 2.46. The minimum atomic E-state index is -0.458. The molecule has 1 amide bonds. The first-order valence-electron chi connectivity index (χ1n) is 7.26. The molecule has 1 heterocycles. The van der Waals surface area contributed by atoms with E-state index in [9.17, 15) is 4.79 Å². The molecule has 1 N–H and O–H groups in total. The molecule has 0 bridgehead atoms. The molecule has 1 saturated heterocycles. The monoisotopic (exact) mass is 281 g/mol. The van der Waals surface area contributed by atoms with Crippen LogP contribution in [-0.2, 0) is 4.74 Å². The van der Waals surface area contributed by atoms with Crippen molar-refractivity contribution < 1.29 is 9.53 Å². The van der Waals surface area contributed by atoms with Gasteiger partial charge in [0.15, 0.2) is 0 Å². The van der Waals surface area contributed by atoms with E-state index in [0.29, 0.717) is 13.1 Å². The summed E-state index contributed by atoms with van der Waals surface area (Å²) in [5, 5.41) is 12.3. The number of nitriles is 1. The predicted octanol–water partition coefficient (Wildman–Crippen LogP) is 2.53. The summed E-state index contributed by atoms with van der Waals surface area (Å²) in [4.78, 5) is 13.9. The maximum absolute atomic E-state index is 12.1. The molecule has 0 radical (unpaired) electrons. The molecule has 0 aromatic heterocycles. The molecule has 1 atom stereocenters. The second kappa shape index (κ2) is 6.45. The Kier molecular flexibility index (Phi) is 5.41. The van der Waals surface area contributed by atoms with Crippen molar-refractivity contribution in [3.05, 3.63) is 0 Å². The van der Waals surface area contributed by atoms with Gasteiger partial charge in [0.25, 0.3) is 0 Å². The Bertz CT molecular complexity index is 380. The highest BCUT2D eigenvalue weighted by molar-refractivity contribution is 5.69. The molecular weight excluding hydrogens is 254 g/mol. The fraction of sp³-hybridized carbons (Fsp3) is 0.867. The molecule has 1 aliphatic heterocycles. The molecule has 1 fully saturated rings. The molecule has 114 valence electrons. The number of nitrogens with zero attached hydrogens (tertiary/aromatic N) is 2. The number of amides is 1. The van der Waals surface area contributed by atoms with Crippen molar-refractivity contribution in [1.82, 2.24) is 10.2 Å². The molecule has 1 aliphatic rings. The summed E-state index contributed by atoms with van der Waals surface area (Å²) in [6.07, 6.45) is 1.76. The van der Waals surface area contributed by atoms with Gasteiger partial charge in [-0.05, 0) is 47.5 Å². The smallest absolute Gasteiger partial charge is 0.410 e. The predicted molar refractivity (Wildman–Crippen MR) is 78.2 cm³/mol. The van der Waals surface area contributed by atoms with Crippen molar-refractivity contribution in [2.75, 3.05) is 19.6 Å². The number of hydrogen-bond donors (Lipinski definition) is 1. The second-order valence-corrected chi connectivity index (χ2v) is 7.10. The van der Waals surface area contributed by atoms with E-state index in [0.717, 1.165) is 19.4 Å². The van der Waals surface area contributed by atoms with Crippen LogP contribution >= 0.6 is 0 Å². The Hall–Kier alpha value is -1.28. The van der Waals surface area contributed by atoms with Gasteiger partial charge < -0.3 is 15.0 Å². The molecule has 5 nitrogen and oxygen atoms in total. The zero-order valence-electron chi connectivity index (χ0n) is 13.3. The summed E-state index contributed by atoms with van der Waals surface area (Å²) in [6.45, 7) is 11.5. The highest BCUT2D eigenvalue weighted by atomic mass is 16.6. The molecule has 0 saturated carbocycles. The standard InChI is InChI=1S/C15H27N3O2/c1-14(2,3)20-13(19)18-8-6-7-12(18)9-17-11-15(4,5)10-16/h12,17H,6-9,11H2,1-5H3. The summed E-state index contributed by atoms with van der Waals surface area (Å²) < 4.78 is 5.43. The number of rotatable bonds is 4. The van der Waals surface area contributed by atoms with Crippen LogP contribution in [0.5, 0.6) is 0 Å². The highest BCUT2D eigenvalue weighted by Gasteiger charge is 2.32. The number of carbonyl (C=O) groups is 1. The minimum Gasteiger partial charge on any atom is -0.444 e. The van der Waals surface area contributed by atoms with Gasteiger partial charge in [-0.3, -0.25) is 0 Å². The zero-order valence-corrected chi connectivity index (χ0v) is 13.3. The summed E-state index contributed by atoms with van der Waals surface area (Å²) in [7, 11) is 0. The van der Waals surface area contributed by atoms with Crippen LogP contribution in [0.3, 0.4) is 0 Å². The largest absolute Gasteiger partial charge is 0.444 e. The van der Waals surface area contributed by atoms with E-state index < -0.39 is 5.60 Å². The van der Waals surface area contributed by atoms with Gasteiger partial charge in [0.2, 0.25) is 0 Å². The molecule has 1 rings (SSSR count). The van der Waals surface area contributed by atoms with E-state index in [-0.39, 0.29) is 17.6 Å². The van der Waals surface area contributed by atoms with Crippen LogP contribution in [0.25, 0.3) is 0 Å². The van der Waals surface area contributed by atoms with E-state index in [2.05, 4.69) is 11.4 Å². The SMILES string of the molecule is CC(C)(C#N)CNCC1CCCN1C(=O)OC(C)(C)C. The van der Waals surface area contributed by atoms with Gasteiger partial charge in [0.1, 0.15) is 5.60 Å². The molecule has 0 spiro atoms. The normalized spacial score (nSPS) is 19.8. The van der Waals surface area contributed by atoms with Gasteiger partial charge in [-0.25, -0.2) is 4.79 Å². The van der Waals surface area contributed by atoms with E-state index >= 15 is 0 Å². The third-order valence-electron chi connectivity index (χ3n) is 3.25. The van der Waals surface area contributed by atoms with Gasteiger partial charge in [-0.15, -0.1) is 0 Å². The van der Waals surface area contributed by atoms with Crippen molar-refractivity contribution >= 4 is 6.09 Å². The van der Waals surface area contributed by atoms with Gasteiger partial charge in [-0.1, -0.05) is 0 Å². The number of carbonyl (C=O) groups excluding carboxylic acids is 1. The highest BCUT2D eigenvalue weighted by Crippen LogP contribution is 2.20. The van der Waals surface area contributed by atoms with Gasteiger partial charge in [0.05, 0.1) is 11.5 Å². The fourth-order valence-electron chi connectivity index (χ4n) is 2.20. The summed E-state index contributed by atoms with van der Waals surface area (Å²) in [5.74, 6) is 0. The average Bonchev–Trinajstić information content (AvgIpc) is 2.75. The molecule has 0 aromatic carbocycles. The Morgan fingerprint density at radius 3 is 2.60 bits per heavy atom. The Morgan fingerprint density at radius 1 is 1.40 bits per heavy atom. The molecule has 0 aliphatic carbocycles. The lowest BCUT2D eigenvalue weighted by Gasteiger charge is -2.29. The lowest BCUT2D eigenvalue weighted by molar-refractivity contribution is 0.0226. The Labute approximate surface area is 122 Å². The lowest BCUT2D eigenvalue weighted by atomic mass is 9.96. The summed E-state index contributed by atoms with van der Waals surface area (Å²) >= 11 is 0. The van der Waals surface area contributed by atoms with Gasteiger partial charge in [-0.2, -0.15) is 5.26 Å². The van der Waals surface area contributed by atoms with Crippen molar-refractivity contribution in [2.45, 2.75) is 59.1 Å². The third-order valence-corrected chi connectivity index (χ3v) is 3.25. The van der Waals surface area contributed by atoms with Crippen LogP contribution < -0.4 is 5.32 Å². The first-order valence-corrected chi connectivity index (χ1v) is 7.26. The lowest BCUT2D eigenvalue weighted by Crippen LogP contribution is -2.45. The third kappa shape index (κ3) is 5.38. The zero-order chi connectivity index (χ0) is 15.4. The summed E-state index contributed by atoms with van der Waals surface area (Å²) in [5.41, 5.74) is -0.837. The first-order chi connectivity index (χ1) is 9.14. The number of nitrogens with one attached hydrogen (secondary N) is 1. The van der Waals surface area contributed by atoms with Gasteiger partial charge in [0, 0.05) is 25.7 Å². The van der Waals surface area contributed by atoms with Crippen molar-refractivity contribution in [2.24, 2.45) is 5.41 Å². The molecule has 1 unspecified atom stereocenters. The number of hydrogen-bond acceptors (Lipinski definition) is 4. The average molecular weight is 281 g/mol. The van der Waals surface area contributed by atoms with Crippen molar-refractivity contribution in [3.63, 3.8) is 0 Å². The van der Waals surface area contributed by atoms with Crippen LogP contribution in [0.4, 0.5) is 4.79 Å². The minimum absolute atomic E-state index is 0.166. The second-order valence-electron chi connectivity index (χ2n) is 7.10. The van der Waals surface area contributed by atoms with Gasteiger partial charge >= 0.3 is 6.09 Å². The van der Waals surface area contributed by atoms with Crippen molar-refractivity contribution in [3.8, 4) is 6.07 Å². The van der Waals surface area contributed by atoms with Crippen LogP contribution in [-0.4, -0.2) is 42.3 Å². The molecule has 0 aromatic rings. The topological polar surface area (TPSA) is 65.4 Å². The van der Waals surface area contributed by atoms with Crippen molar-refractivity contribution in [1.29, 1.82) is 5.26 Å². The quantitative estimate of drug-likeness (QED) is 0.860. The van der Waals surface area contributed by atoms with E-state index in [4.69, 9.17) is 10.00 Å². The van der Waals surface area contributed by atoms with Crippen LogP contribution in [0.2, 0.25) is 0 Å². The molecular formula is C15H27N3O2. The van der Waals surface area contributed by atoms with E-state index in [1.165, 1.54) is 0 Å². The molecule has 20 heavy (non-hydrogen) atoms. The number of likely N-dealkylation sites (tertiary alicyclic amines) is 1. The first kappa shape index (κ1) is 16.8.